The maximum absolute atomic E-state index is 9.21. The average molecular weight is 154 g/mol. The molecule has 1 heteroatoms. The van der Waals surface area contributed by atoms with E-state index in [1.807, 2.05) is 0 Å². The third-order valence-corrected chi connectivity index (χ3v) is 3.68. The van der Waals surface area contributed by atoms with Crippen molar-refractivity contribution < 1.29 is 5.11 Å². The first kappa shape index (κ1) is 7.60. The van der Waals surface area contributed by atoms with E-state index in [0.29, 0.717) is 12.0 Å². The Kier molecular flexibility index (Phi) is 1.92. The van der Waals surface area contributed by atoms with Crippen molar-refractivity contribution >= 4 is 0 Å². The molecule has 2 rings (SSSR count). The van der Waals surface area contributed by atoms with E-state index in [1.165, 1.54) is 44.9 Å². The molecular weight excluding hydrogens is 136 g/mol. The van der Waals surface area contributed by atoms with E-state index in [0.717, 1.165) is 5.92 Å². The fourth-order valence-electron chi connectivity index (χ4n) is 2.57. The molecule has 64 valence electrons. The predicted octanol–water partition coefficient (Wildman–Crippen LogP) is 2.34. The third kappa shape index (κ3) is 1.31. The molecular formula is C10H18O. The Morgan fingerprint density at radius 3 is 2.18 bits per heavy atom. The molecule has 0 spiro atoms. The van der Waals surface area contributed by atoms with Crippen molar-refractivity contribution in [3.8, 4) is 0 Å². The molecule has 2 saturated carbocycles. The van der Waals surface area contributed by atoms with E-state index in [4.69, 9.17) is 0 Å². The molecule has 0 aromatic heterocycles. The van der Waals surface area contributed by atoms with Crippen LogP contribution in [0.1, 0.15) is 44.9 Å². The minimum Gasteiger partial charge on any atom is -0.396 e. The second-order valence-electron chi connectivity index (χ2n) is 4.36. The molecule has 0 radical (unpaired) electrons. The highest BCUT2D eigenvalue weighted by Crippen LogP contribution is 2.55. The summed E-state index contributed by atoms with van der Waals surface area (Å²) < 4.78 is 0. The van der Waals surface area contributed by atoms with Gasteiger partial charge in [-0.3, -0.25) is 0 Å². The number of hydrogen-bond acceptors (Lipinski definition) is 1. The van der Waals surface area contributed by atoms with Gasteiger partial charge in [-0.05, 0) is 37.0 Å². The molecule has 0 unspecified atom stereocenters. The molecule has 0 aliphatic heterocycles. The van der Waals surface area contributed by atoms with Crippen molar-refractivity contribution in [1.29, 1.82) is 0 Å². The predicted molar refractivity (Wildman–Crippen MR) is 45.3 cm³/mol. The van der Waals surface area contributed by atoms with Crippen molar-refractivity contribution in [3.05, 3.63) is 0 Å². The van der Waals surface area contributed by atoms with Gasteiger partial charge in [0.05, 0.1) is 0 Å². The van der Waals surface area contributed by atoms with Crippen molar-refractivity contribution in [2.45, 2.75) is 44.9 Å². The van der Waals surface area contributed by atoms with Gasteiger partial charge in [0, 0.05) is 6.61 Å². The van der Waals surface area contributed by atoms with Crippen LogP contribution in [0.2, 0.25) is 0 Å². The first-order chi connectivity index (χ1) is 5.37. The van der Waals surface area contributed by atoms with Crippen molar-refractivity contribution in [2.24, 2.45) is 11.3 Å². The lowest BCUT2D eigenvalue weighted by molar-refractivity contribution is 0.128. The Bertz CT molecular complexity index is 132. The summed E-state index contributed by atoms with van der Waals surface area (Å²) in [5, 5.41) is 9.21. The SMILES string of the molecule is OCC1(C2CCCCC2)CC1. The van der Waals surface area contributed by atoms with Gasteiger partial charge < -0.3 is 5.11 Å². The van der Waals surface area contributed by atoms with E-state index in [2.05, 4.69) is 0 Å². The molecule has 0 saturated heterocycles. The summed E-state index contributed by atoms with van der Waals surface area (Å²) in [4.78, 5) is 0. The summed E-state index contributed by atoms with van der Waals surface area (Å²) in [5.74, 6) is 0.876. The highest BCUT2D eigenvalue weighted by atomic mass is 16.3. The Morgan fingerprint density at radius 2 is 1.73 bits per heavy atom. The maximum Gasteiger partial charge on any atom is 0.0490 e. The quantitative estimate of drug-likeness (QED) is 0.647. The number of hydrogen-bond donors (Lipinski definition) is 1. The normalized spacial score (nSPS) is 30.3. The van der Waals surface area contributed by atoms with Crippen molar-refractivity contribution in [3.63, 3.8) is 0 Å². The lowest BCUT2D eigenvalue weighted by Crippen LogP contribution is -2.22. The molecule has 2 aliphatic rings. The van der Waals surface area contributed by atoms with Crippen LogP contribution in [0.4, 0.5) is 0 Å². The fraction of sp³-hybridized carbons (Fsp3) is 1.00. The van der Waals surface area contributed by atoms with Crippen LogP contribution in [0.5, 0.6) is 0 Å². The van der Waals surface area contributed by atoms with Gasteiger partial charge in [-0.25, -0.2) is 0 Å². The van der Waals surface area contributed by atoms with Gasteiger partial charge in [-0.15, -0.1) is 0 Å². The van der Waals surface area contributed by atoms with Gasteiger partial charge in [-0.2, -0.15) is 0 Å². The summed E-state index contributed by atoms with van der Waals surface area (Å²) in [6.45, 7) is 0.456. The minimum absolute atomic E-state index is 0.417. The zero-order chi connectivity index (χ0) is 7.73. The van der Waals surface area contributed by atoms with Crippen LogP contribution in [0.15, 0.2) is 0 Å². The third-order valence-electron chi connectivity index (χ3n) is 3.68. The number of rotatable bonds is 2. The van der Waals surface area contributed by atoms with Crippen LogP contribution in [-0.2, 0) is 0 Å². The van der Waals surface area contributed by atoms with E-state index >= 15 is 0 Å². The maximum atomic E-state index is 9.21. The topological polar surface area (TPSA) is 20.2 Å². The monoisotopic (exact) mass is 154 g/mol. The molecule has 2 aliphatic carbocycles. The minimum atomic E-state index is 0.417. The molecule has 1 nitrogen and oxygen atoms in total. The largest absolute Gasteiger partial charge is 0.396 e. The van der Waals surface area contributed by atoms with Crippen molar-refractivity contribution in [1.82, 2.24) is 0 Å². The second kappa shape index (κ2) is 2.78. The number of aliphatic hydroxyl groups excluding tert-OH is 1. The molecule has 0 aromatic carbocycles. The fourth-order valence-corrected chi connectivity index (χ4v) is 2.57. The summed E-state index contributed by atoms with van der Waals surface area (Å²) in [6.07, 6.45) is 9.63. The average Bonchev–Trinajstić information content (AvgIpc) is 2.86. The van der Waals surface area contributed by atoms with E-state index < -0.39 is 0 Å². The van der Waals surface area contributed by atoms with E-state index in [9.17, 15) is 5.11 Å². The molecule has 0 bridgehead atoms. The first-order valence-electron chi connectivity index (χ1n) is 4.98. The summed E-state index contributed by atoms with van der Waals surface area (Å²) in [7, 11) is 0. The van der Waals surface area contributed by atoms with Gasteiger partial charge >= 0.3 is 0 Å². The van der Waals surface area contributed by atoms with Crippen LogP contribution in [0.3, 0.4) is 0 Å². The highest BCUT2D eigenvalue weighted by Gasteiger charge is 2.48. The van der Waals surface area contributed by atoms with Gasteiger partial charge in [-0.1, -0.05) is 19.3 Å². The molecule has 0 atom stereocenters. The highest BCUT2D eigenvalue weighted by molar-refractivity contribution is 4.98. The zero-order valence-electron chi connectivity index (χ0n) is 7.18. The van der Waals surface area contributed by atoms with Crippen LogP contribution in [0, 0.1) is 11.3 Å². The van der Waals surface area contributed by atoms with Crippen LogP contribution >= 0.6 is 0 Å². The Morgan fingerprint density at radius 1 is 1.09 bits per heavy atom. The van der Waals surface area contributed by atoms with E-state index in [1.54, 1.807) is 0 Å². The molecule has 0 aromatic rings. The van der Waals surface area contributed by atoms with Gasteiger partial charge in [0.25, 0.3) is 0 Å². The lowest BCUT2D eigenvalue weighted by atomic mass is 9.78. The van der Waals surface area contributed by atoms with Crippen molar-refractivity contribution in [2.75, 3.05) is 6.61 Å². The standard InChI is InChI=1S/C10H18O/c11-8-10(6-7-10)9-4-2-1-3-5-9/h9,11H,1-8H2. The Balaban J connectivity index is 1.92. The first-order valence-corrected chi connectivity index (χ1v) is 4.98. The lowest BCUT2D eigenvalue weighted by Gasteiger charge is -2.28. The van der Waals surface area contributed by atoms with Gasteiger partial charge in [0.2, 0.25) is 0 Å². The van der Waals surface area contributed by atoms with Crippen LogP contribution in [-0.4, -0.2) is 11.7 Å². The Labute approximate surface area is 68.8 Å². The molecule has 0 amide bonds. The molecule has 11 heavy (non-hydrogen) atoms. The summed E-state index contributed by atoms with van der Waals surface area (Å²) in [5.41, 5.74) is 0.417. The molecule has 1 N–H and O–H groups in total. The van der Waals surface area contributed by atoms with Gasteiger partial charge in [0.15, 0.2) is 0 Å². The zero-order valence-corrected chi connectivity index (χ0v) is 7.18. The smallest absolute Gasteiger partial charge is 0.0490 e. The molecule has 0 heterocycles. The van der Waals surface area contributed by atoms with Gasteiger partial charge in [0.1, 0.15) is 0 Å². The Hall–Kier alpha value is -0.0400. The second-order valence-corrected chi connectivity index (χ2v) is 4.36. The summed E-state index contributed by atoms with van der Waals surface area (Å²) >= 11 is 0. The molecule has 2 fully saturated rings. The van der Waals surface area contributed by atoms with Crippen LogP contribution < -0.4 is 0 Å². The van der Waals surface area contributed by atoms with E-state index in [-0.39, 0.29) is 0 Å². The summed E-state index contributed by atoms with van der Waals surface area (Å²) in [6, 6.07) is 0. The van der Waals surface area contributed by atoms with Crippen LogP contribution in [0.25, 0.3) is 0 Å². The number of aliphatic hydroxyl groups is 1.